The highest BCUT2D eigenvalue weighted by Gasteiger charge is 2.33. The minimum Gasteiger partial charge on any atom is -0.336 e. The van der Waals surface area contributed by atoms with Gasteiger partial charge in [-0.1, -0.05) is 30.3 Å². The Morgan fingerprint density at radius 1 is 1.13 bits per heavy atom. The first-order chi connectivity index (χ1) is 14.6. The predicted molar refractivity (Wildman–Crippen MR) is 116 cm³/mol. The van der Waals surface area contributed by atoms with Crippen molar-refractivity contribution in [3.63, 3.8) is 0 Å². The lowest BCUT2D eigenvalue weighted by molar-refractivity contribution is -0.673. The lowest BCUT2D eigenvalue weighted by Crippen LogP contribution is -2.90. The number of piperazine rings is 1. The van der Waals surface area contributed by atoms with Crippen molar-refractivity contribution in [3.8, 4) is 17.3 Å². The Morgan fingerprint density at radius 3 is 2.50 bits per heavy atom. The molecule has 6 nitrogen and oxygen atoms in total. The molecule has 2 aliphatic rings. The third kappa shape index (κ3) is 4.03. The van der Waals surface area contributed by atoms with Crippen molar-refractivity contribution in [1.82, 2.24) is 4.90 Å². The maximum absolute atomic E-state index is 12.5. The summed E-state index contributed by atoms with van der Waals surface area (Å²) in [6, 6.07) is 13.3. The Balaban J connectivity index is 1.59. The van der Waals surface area contributed by atoms with Gasteiger partial charge >= 0.3 is 0 Å². The number of quaternary nitrogens is 1. The van der Waals surface area contributed by atoms with Crippen LogP contribution in [0.3, 0.4) is 0 Å². The van der Waals surface area contributed by atoms with Gasteiger partial charge in [0.15, 0.2) is 6.54 Å². The summed E-state index contributed by atoms with van der Waals surface area (Å²) in [7, 11) is 0. The van der Waals surface area contributed by atoms with E-state index in [9.17, 15) is 10.1 Å². The molecule has 1 amide bonds. The second kappa shape index (κ2) is 8.85. The Bertz CT molecular complexity index is 956. The number of nitrogens with zero attached hydrogens (tertiary/aromatic N) is 3. The Morgan fingerprint density at radius 2 is 1.83 bits per heavy atom. The molecule has 4 rings (SSSR count). The van der Waals surface area contributed by atoms with Gasteiger partial charge in [0.1, 0.15) is 30.4 Å². The van der Waals surface area contributed by atoms with E-state index < -0.39 is 0 Å². The van der Waals surface area contributed by atoms with Gasteiger partial charge in [0, 0.05) is 11.1 Å². The second-order valence-electron chi connectivity index (χ2n) is 8.56. The Kier molecular flexibility index (Phi) is 6.01. The molecule has 1 aliphatic heterocycles. The number of nitriles is 1. The molecule has 156 valence electrons. The zero-order valence-corrected chi connectivity index (χ0v) is 17.9. The third-order valence-corrected chi connectivity index (χ3v) is 6.19. The first-order valence-corrected chi connectivity index (χ1v) is 11.0. The molecule has 3 N–H and O–H groups in total. The van der Waals surface area contributed by atoms with Crippen molar-refractivity contribution < 1.29 is 15.1 Å². The number of fused-ring (bicyclic) bond motifs is 1. The molecule has 1 aliphatic carbocycles. The van der Waals surface area contributed by atoms with E-state index in [1.807, 2.05) is 11.0 Å². The van der Waals surface area contributed by atoms with Crippen LogP contribution in [0.1, 0.15) is 37.0 Å². The molecule has 0 bridgehead atoms. The van der Waals surface area contributed by atoms with Crippen LogP contribution in [0, 0.1) is 11.3 Å². The number of aromatic amines is 1. The number of pyridine rings is 1. The number of amides is 1. The summed E-state index contributed by atoms with van der Waals surface area (Å²) in [5, 5.41) is 12.0. The van der Waals surface area contributed by atoms with E-state index >= 15 is 0 Å². The van der Waals surface area contributed by atoms with Gasteiger partial charge in [-0.3, -0.25) is 9.69 Å². The largest absolute Gasteiger partial charge is 0.336 e. The van der Waals surface area contributed by atoms with Gasteiger partial charge in [-0.15, -0.1) is 0 Å². The molecule has 2 heterocycles. The predicted octanol–water partition coefficient (Wildman–Crippen LogP) is 1.15. The van der Waals surface area contributed by atoms with E-state index in [4.69, 9.17) is 0 Å². The minimum absolute atomic E-state index is 0.201. The maximum Gasteiger partial charge on any atom is 0.293 e. The average Bonchev–Trinajstić information content (AvgIpc) is 3.27. The van der Waals surface area contributed by atoms with E-state index in [1.54, 1.807) is 0 Å². The average molecular weight is 406 g/mol. The fourth-order valence-corrected chi connectivity index (χ4v) is 4.55. The van der Waals surface area contributed by atoms with Crippen molar-refractivity contribution in [1.29, 1.82) is 5.26 Å². The van der Waals surface area contributed by atoms with Crippen molar-refractivity contribution in [2.75, 3.05) is 37.6 Å². The van der Waals surface area contributed by atoms with E-state index in [0.717, 1.165) is 49.4 Å². The number of benzene rings is 1. The zero-order chi connectivity index (χ0) is 21.1. The fourth-order valence-electron chi connectivity index (χ4n) is 4.55. The highest BCUT2D eigenvalue weighted by Crippen LogP contribution is 2.35. The van der Waals surface area contributed by atoms with Gasteiger partial charge in [0.05, 0.1) is 19.1 Å². The number of H-pyrrole nitrogens is 1. The Hall–Kier alpha value is -2.91. The first-order valence-electron chi connectivity index (χ1n) is 11.0. The van der Waals surface area contributed by atoms with Gasteiger partial charge in [0.2, 0.25) is 0 Å². The van der Waals surface area contributed by atoms with Gasteiger partial charge in [0.25, 0.3) is 11.7 Å². The van der Waals surface area contributed by atoms with Gasteiger partial charge in [-0.2, -0.15) is 5.26 Å². The SMILES string of the molecule is CC(C)[NH2+]CC(=O)N1CCN(c2[nH+]c(-c3ccccc3)c3c(c2C#N)CCC3)CC1. The summed E-state index contributed by atoms with van der Waals surface area (Å²) < 4.78 is 0. The van der Waals surface area contributed by atoms with Crippen molar-refractivity contribution in [2.45, 2.75) is 39.2 Å². The van der Waals surface area contributed by atoms with E-state index in [-0.39, 0.29) is 5.91 Å². The highest BCUT2D eigenvalue weighted by molar-refractivity contribution is 5.77. The van der Waals surface area contributed by atoms with E-state index in [0.29, 0.717) is 25.7 Å². The summed E-state index contributed by atoms with van der Waals surface area (Å²) >= 11 is 0. The van der Waals surface area contributed by atoms with Crippen molar-refractivity contribution >= 4 is 11.7 Å². The minimum atomic E-state index is 0.201. The van der Waals surface area contributed by atoms with Crippen LogP contribution in [0.4, 0.5) is 5.82 Å². The van der Waals surface area contributed by atoms with Gasteiger partial charge < -0.3 is 10.2 Å². The molecule has 1 saturated heterocycles. The lowest BCUT2D eigenvalue weighted by Gasteiger charge is -2.31. The number of rotatable bonds is 5. The number of hydrogen-bond donors (Lipinski definition) is 1. The van der Waals surface area contributed by atoms with Crippen LogP contribution in [0.25, 0.3) is 11.3 Å². The molecule has 1 aromatic heterocycles. The summed E-state index contributed by atoms with van der Waals surface area (Å²) in [5.41, 5.74) is 5.59. The van der Waals surface area contributed by atoms with Crippen LogP contribution >= 0.6 is 0 Å². The molecule has 1 fully saturated rings. The molecule has 0 saturated carbocycles. The van der Waals surface area contributed by atoms with Crippen LogP contribution in [0.2, 0.25) is 0 Å². The van der Waals surface area contributed by atoms with E-state index in [1.165, 1.54) is 16.7 Å². The number of carbonyl (C=O) groups is 1. The smallest absolute Gasteiger partial charge is 0.293 e. The summed E-state index contributed by atoms with van der Waals surface area (Å²) in [6.45, 7) is 7.58. The Labute approximate surface area is 178 Å². The molecule has 0 atom stereocenters. The molecule has 0 radical (unpaired) electrons. The highest BCUT2D eigenvalue weighted by atomic mass is 16.2. The van der Waals surface area contributed by atoms with Crippen LogP contribution < -0.4 is 15.2 Å². The topological polar surface area (TPSA) is 78.1 Å². The molecule has 0 unspecified atom stereocenters. The number of anilines is 1. The van der Waals surface area contributed by atoms with Crippen LogP contribution in [-0.2, 0) is 17.6 Å². The monoisotopic (exact) mass is 405 g/mol. The van der Waals surface area contributed by atoms with Crippen molar-refractivity contribution in [3.05, 3.63) is 47.0 Å². The summed E-state index contributed by atoms with van der Waals surface area (Å²) in [6.07, 6.45) is 3.07. The number of aromatic nitrogens is 1. The maximum atomic E-state index is 12.5. The molecule has 2 aromatic rings. The third-order valence-electron chi connectivity index (χ3n) is 6.19. The molecular weight excluding hydrogens is 374 g/mol. The molecule has 30 heavy (non-hydrogen) atoms. The number of nitrogens with one attached hydrogen (secondary N) is 1. The van der Waals surface area contributed by atoms with Crippen LogP contribution in [0.15, 0.2) is 30.3 Å². The summed E-state index contributed by atoms with van der Waals surface area (Å²) in [5.74, 6) is 1.12. The van der Waals surface area contributed by atoms with Crippen molar-refractivity contribution in [2.24, 2.45) is 0 Å². The van der Waals surface area contributed by atoms with Crippen LogP contribution in [0.5, 0.6) is 0 Å². The second-order valence-corrected chi connectivity index (χ2v) is 8.56. The molecule has 0 spiro atoms. The molecule has 1 aromatic carbocycles. The molecular formula is C24H31N5O+2. The number of hydrogen-bond acceptors (Lipinski definition) is 3. The molecule has 6 heteroatoms. The lowest BCUT2D eigenvalue weighted by atomic mass is 9.98. The summed E-state index contributed by atoms with van der Waals surface area (Å²) in [4.78, 5) is 20.3. The first kappa shape index (κ1) is 20.4. The van der Waals surface area contributed by atoms with Crippen LogP contribution in [-0.4, -0.2) is 49.6 Å². The quantitative estimate of drug-likeness (QED) is 0.811. The van der Waals surface area contributed by atoms with E-state index in [2.05, 4.69) is 59.4 Å². The fraction of sp³-hybridized carbons (Fsp3) is 0.458. The number of carbonyl (C=O) groups excluding carboxylic acids is 1. The van der Waals surface area contributed by atoms with Gasteiger partial charge in [-0.25, -0.2) is 4.98 Å². The standard InChI is InChI=1S/C24H29N5O/c1-17(2)26-16-22(30)28-11-13-29(14-12-28)24-21(15-25)19-9-6-10-20(19)23(27-24)18-7-4-3-5-8-18/h3-5,7-8,17,26H,6,9-14,16H2,1-2H3/p+2. The normalized spacial score (nSPS) is 15.9. The van der Waals surface area contributed by atoms with Gasteiger partial charge in [-0.05, 0) is 38.7 Å². The zero-order valence-electron chi connectivity index (χ0n) is 17.9. The number of nitrogens with two attached hydrogens (primary N) is 1.